The van der Waals surface area contributed by atoms with Crippen LogP contribution >= 0.6 is 23.2 Å². The molecular formula is C22H17Cl2F2N3. The molecule has 3 aromatic rings. The highest BCUT2D eigenvalue weighted by molar-refractivity contribution is 6.30. The van der Waals surface area contributed by atoms with Gasteiger partial charge in [-0.2, -0.15) is 0 Å². The highest BCUT2D eigenvalue weighted by Gasteiger charge is 2.33. The molecule has 29 heavy (non-hydrogen) atoms. The van der Waals surface area contributed by atoms with Gasteiger partial charge in [-0.15, -0.1) is 0 Å². The van der Waals surface area contributed by atoms with Gasteiger partial charge >= 0.3 is 0 Å². The van der Waals surface area contributed by atoms with Crippen LogP contribution in [0.5, 0.6) is 0 Å². The van der Waals surface area contributed by atoms with Gasteiger partial charge in [0.25, 0.3) is 0 Å². The Kier molecular flexibility index (Phi) is 5.69. The van der Waals surface area contributed by atoms with Crippen molar-refractivity contribution in [3.63, 3.8) is 0 Å². The van der Waals surface area contributed by atoms with E-state index in [-0.39, 0.29) is 18.6 Å². The van der Waals surface area contributed by atoms with Gasteiger partial charge in [0.15, 0.2) is 17.6 Å². The Morgan fingerprint density at radius 2 is 1.34 bits per heavy atom. The fraction of sp³-hybridized carbons (Fsp3) is 0.136. The summed E-state index contributed by atoms with van der Waals surface area (Å²) in [6.07, 6.45) is 0. The first-order valence-corrected chi connectivity index (χ1v) is 9.77. The molecule has 2 atom stereocenters. The van der Waals surface area contributed by atoms with E-state index in [1.54, 1.807) is 0 Å². The van der Waals surface area contributed by atoms with Gasteiger partial charge in [0, 0.05) is 10.0 Å². The van der Waals surface area contributed by atoms with Crippen LogP contribution in [-0.4, -0.2) is 5.96 Å². The lowest BCUT2D eigenvalue weighted by Gasteiger charge is -2.20. The van der Waals surface area contributed by atoms with E-state index in [0.717, 1.165) is 23.3 Å². The largest absolute Gasteiger partial charge is 0.347 e. The van der Waals surface area contributed by atoms with Crippen LogP contribution in [0, 0.1) is 11.6 Å². The van der Waals surface area contributed by atoms with E-state index < -0.39 is 11.6 Å². The number of nitrogens with zero attached hydrogens (tertiary/aromatic N) is 1. The molecule has 0 radical (unpaired) electrons. The van der Waals surface area contributed by atoms with E-state index in [9.17, 15) is 8.78 Å². The molecule has 0 aromatic heterocycles. The fourth-order valence-corrected chi connectivity index (χ4v) is 3.75. The molecule has 3 aromatic carbocycles. The van der Waals surface area contributed by atoms with E-state index in [1.807, 2.05) is 48.5 Å². The molecule has 1 aliphatic heterocycles. The molecule has 0 saturated carbocycles. The molecule has 148 valence electrons. The monoisotopic (exact) mass is 431 g/mol. The molecule has 1 fully saturated rings. The Bertz CT molecular complexity index is 1020. The summed E-state index contributed by atoms with van der Waals surface area (Å²) >= 11 is 12.4. The van der Waals surface area contributed by atoms with Crippen molar-refractivity contribution in [2.24, 2.45) is 4.99 Å². The molecule has 0 unspecified atom stereocenters. The Morgan fingerprint density at radius 1 is 0.759 bits per heavy atom. The highest BCUT2D eigenvalue weighted by Crippen LogP contribution is 2.34. The quantitative estimate of drug-likeness (QED) is 0.547. The van der Waals surface area contributed by atoms with Gasteiger partial charge in [-0.05, 0) is 53.1 Å². The van der Waals surface area contributed by atoms with E-state index in [0.29, 0.717) is 21.6 Å². The van der Waals surface area contributed by atoms with Crippen LogP contribution in [0.4, 0.5) is 8.78 Å². The molecule has 0 spiro atoms. The molecule has 0 aliphatic carbocycles. The van der Waals surface area contributed by atoms with E-state index in [2.05, 4.69) is 15.6 Å². The van der Waals surface area contributed by atoms with Crippen molar-refractivity contribution in [2.45, 2.75) is 18.6 Å². The number of guanidine groups is 1. The zero-order valence-electron chi connectivity index (χ0n) is 15.2. The standard InChI is InChI=1S/C22H17Cl2F2N3/c23-16-5-1-3-14(10-16)20-21(15-4-2-6-17(24)11-15)29-22(28-20)27-12-13-7-8-18(25)19(26)9-13/h1-11,20-21H,12H2,(H2,27,28,29)/t20-,21+. The van der Waals surface area contributed by atoms with Crippen molar-refractivity contribution in [3.8, 4) is 0 Å². The lowest BCUT2D eigenvalue weighted by atomic mass is 9.95. The van der Waals surface area contributed by atoms with Gasteiger partial charge in [0.05, 0.1) is 18.6 Å². The molecule has 0 bridgehead atoms. The van der Waals surface area contributed by atoms with Crippen molar-refractivity contribution in [2.75, 3.05) is 0 Å². The van der Waals surface area contributed by atoms with Crippen molar-refractivity contribution < 1.29 is 8.78 Å². The maximum Gasteiger partial charge on any atom is 0.192 e. The number of nitrogens with one attached hydrogen (secondary N) is 2. The van der Waals surface area contributed by atoms with Crippen molar-refractivity contribution >= 4 is 29.2 Å². The number of rotatable bonds is 4. The molecule has 1 saturated heterocycles. The van der Waals surface area contributed by atoms with E-state index in [4.69, 9.17) is 23.2 Å². The predicted molar refractivity (Wildman–Crippen MR) is 112 cm³/mol. The molecule has 4 rings (SSSR count). The van der Waals surface area contributed by atoms with Crippen LogP contribution in [0.25, 0.3) is 0 Å². The minimum Gasteiger partial charge on any atom is -0.347 e. The first kappa shape index (κ1) is 19.7. The number of halogens is 4. The van der Waals surface area contributed by atoms with Gasteiger partial charge in [-0.3, -0.25) is 0 Å². The normalized spacial score (nSPS) is 19.8. The number of aliphatic imine (C=N–C) groups is 1. The fourth-order valence-electron chi connectivity index (χ4n) is 3.35. The molecule has 1 aliphatic rings. The van der Waals surface area contributed by atoms with Crippen LogP contribution in [-0.2, 0) is 6.54 Å². The smallest absolute Gasteiger partial charge is 0.192 e. The summed E-state index contributed by atoms with van der Waals surface area (Å²) in [6.45, 7) is 0.205. The molecule has 0 amide bonds. The highest BCUT2D eigenvalue weighted by atomic mass is 35.5. The first-order valence-electron chi connectivity index (χ1n) is 9.02. The van der Waals surface area contributed by atoms with Crippen LogP contribution in [0.1, 0.15) is 28.8 Å². The van der Waals surface area contributed by atoms with Gasteiger partial charge in [0.1, 0.15) is 0 Å². The minimum atomic E-state index is -0.886. The summed E-state index contributed by atoms with van der Waals surface area (Å²) in [4.78, 5) is 4.50. The third-order valence-electron chi connectivity index (χ3n) is 4.74. The maximum atomic E-state index is 13.4. The van der Waals surface area contributed by atoms with E-state index >= 15 is 0 Å². The molecule has 3 nitrogen and oxygen atoms in total. The van der Waals surface area contributed by atoms with Gasteiger partial charge in [0.2, 0.25) is 0 Å². The van der Waals surface area contributed by atoms with Crippen LogP contribution < -0.4 is 10.6 Å². The van der Waals surface area contributed by atoms with Gasteiger partial charge < -0.3 is 10.6 Å². The SMILES string of the molecule is Fc1ccc(CN=C2N[C@H](c3cccc(Cl)c3)[C@H](c3cccc(Cl)c3)N2)cc1F. The van der Waals surface area contributed by atoms with Crippen molar-refractivity contribution in [1.82, 2.24) is 10.6 Å². The zero-order valence-corrected chi connectivity index (χ0v) is 16.7. The molecule has 1 heterocycles. The van der Waals surface area contributed by atoms with Gasteiger partial charge in [-0.1, -0.05) is 53.5 Å². The second kappa shape index (κ2) is 8.39. The topological polar surface area (TPSA) is 36.4 Å². The number of hydrogen-bond acceptors (Lipinski definition) is 1. The third kappa shape index (κ3) is 4.52. The Morgan fingerprint density at radius 3 is 1.86 bits per heavy atom. The summed E-state index contributed by atoms with van der Waals surface area (Å²) in [6, 6.07) is 18.7. The van der Waals surface area contributed by atoms with Crippen LogP contribution in [0.2, 0.25) is 10.0 Å². The Hall–Kier alpha value is -2.63. The molecule has 2 N–H and O–H groups in total. The third-order valence-corrected chi connectivity index (χ3v) is 5.21. The summed E-state index contributed by atoms with van der Waals surface area (Å²) in [5.41, 5.74) is 2.56. The number of benzene rings is 3. The van der Waals surface area contributed by atoms with Crippen molar-refractivity contribution in [3.05, 3.63) is 105 Å². The lowest BCUT2D eigenvalue weighted by molar-refractivity contribution is 0.507. The second-order valence-electron chi connectivity index (χ2n) is 6.77. The maximum absolute atomic E-state index is 13.4. The number of hydrogen-bond donors (Lipinski definition) is 2. The molecular weight excluding hydrogens is 415 g/mol. The van der Waals surface area contributed by atoms with Gasteiger partial charge in [-0.25, -0.2) is 13.8 Å². The summed E-state index contributed by atoms with van der Waals surface area (Å²) < 4.78 is 26.6. The predicted octanol–water partition coefficient (Wildman–Crippen LogP) is 5.80. The minimum absolute atomic E-state index is 0.129. The summed E-state index contributed by atoms with van der Waals surface area (Å²) in [7, 11) is 0. The second-order valence-corrected chi connectivity index (χ2v) is 7.64. The van der Waals surface area contributed by atoms with Crippen molar-refractivity contribution in [1.29, 1.82) is 0 Å². The summed E-state index contributed by atoms with van der Waals surface area (Å²) in [5.74, 6) is -1.20. The summed E-state index contributed by atoms with van der Waals surface area (Å²) in [5, 5.41) is 8.02. The van der Waals surface area contributed by atoms with E-state index in [1.165, 1.54) is 6.07 Å². The van der Waals surface area contributed by atoms with Crippen LogP contribution in [0.15, 0.2) is 71.7 Å². The lowest BCUT2D eigenvalue weighted by Crippen LogP contribution is -2.25. The van der Waals surface area contributed by atoms with Crippen LogP contribution in [0.3, 0.4) is 0 Å². The average Bonchev–Trinajstić information content (AvgIpc) is 3.13. The Labute approximate surface area is 177 Å². The average molecular weight is 432 g/mol. The zero-order chi connectivity index (χ0) is 20.4. The Balaban J connectivity index is 1.63. The first-order chi connectivity index (χ1) is 14.0. The molecule has 7 heteroatoms.